The van der Waals surface area contributed by atoms with Crippen molar-refractivity contribution in [2.75, 3.05) is 6.54 Å². The molecule has 0 saturated carbocycles. The molecule has 16 heavy (non-hydrogen) atoms. The fourth-order valence-corrected chi connectivity index (χ4v) is 2.16. The average Bonchev–Trinajstić information content (AvgIpc) is 2.40. The maximum absolute atomic E-state index is 11.8. The van der Waals surface area contributed by atoms with Crippen molar-refractivity contribution < 1.29 is 4.79 Å². The van der Waals surface area contributed by atoms with Crippen molar-refractivity contribution in [2.24, 2.45) is 0 Å². The summed E-state index contributed by atoms with van der Waals surface area (Å²) in [5.41, 5.74) is 1.92. The van der Waals surface area contributed by atoms with Gasteiger partial charge in [-0.1, -0.05) is 32.0 Å². The van der Waals surface area contributed by atoms with Crippen LogP contribution in [-0.4, -0.2) is 18.5 Å². The summed E-state index contributed by atoms with van der Waals surface area (Å²) in [4.78, 5) is 11.8. The van der Waals surface area contributed by atoms with Gasteiger partial charge in [-0.05, 0) is 18.1 Å². The van der Waals surface area contributed by atoms with Crippen LogP contribution in [0.2, 0.25) is 0 Å². The summed E-state index contributed by atoms with van der Waals surface area (Å²) in [7, 11) is 0. The molecule has 0 aliphatic carbocycles. The molecule has 0 bridgehead atoms. The van der Waals surface area contributed by atoms with E-state index in [0.717, 1.165) is 24.1 Å². The van der Waals surface area contributed by atoms with Crippen LogP contribution in [0.25, 0.3) is 0 Å². The van der Waals surface area contributed by atoms with Crippen LogP contribution in [0.1, 0.15) is 42.2 Å². The standard InChI is InChI=1S/C13H18N2O/c1-9(2)15-12-7-8-14-13(16)11-6-4-3-5-10(11)12/h3-6,9,12,15H,7-8H2,1-2H3,(H,14,16). The molecule has 1 aliphatic heterocycles. The van der Waals surface area contributed by atoms with Gasteiger partial charge >= 0.3 is 0 Å². The number of carbonyl (C=O) groups is 1. The molecule has 0 aromatic heterocycles. The second kappa shape index (κ2) is 4.66. The molecule has 86 valence electrons. The Bertz CT molecular complexity index is 387. The summed E-state index contributed by atoms with van der Waals surface area (Å²) in [6.45, 7) is 4.99. The molecule has 0 saturated heterocycles. The Morgan fingerprint density at radius 3 is 2.88 bits per heavy atom. The number of fused-ring (bicyclic) bond motifs is 1. The van der Waals surface area contributed by atoms with Gasteiger partial charge in [0.25, 0.3) is 5.91 Å². The van der Waals surface area contributed by atoms with E-state index >= 15 is 0 Å². The zero-order valence-corrected chi connectivity index (χ0v) is 9.79. The largest absolute Gasteiger partial charge is 0.352 e. The third-order valence-corrected chi connectivity index (χ3v) is 2.83. The molecule has 1 heterocycles. The summed E-state index contributed by atoms with van der Waals surface area (Å²) >= 11 is 0. The van der Waals surface area contributed by atoms with E-state index in [-0.39, 0.29) is 11.9 Å². The van der Waals surface area contributed by atoms with Crippen molar-refractivity contribution in [2.45, 2.75) is 32.4 Å². The number of hydrogen-bond acceptors (Lipinski definition) is 2. The van der Waals surface area contributed by atoms with E-state index in [0.29, 0.717) is 6.04 Å². The summed E-state index contributed by atoms with van der Waals surface area (Å²) in [6, 6.07) is 8.54. The summed E-state index contributed by atoms with van der Waals surface area (Å²) < 4.78 is 0. The Morgan fingerprint density at radius 2 is 2.12 bits per heavy atom. The molecule has 1 aromatic carbocycles. The Kier molecular flexibility index (Phi) is 3.25. The zero-order chi connectivity index (χ0) is 11.5. The van der Waals surface area contributed by atoms with E-state index in [1.165, 1.54) is 0 Å². The van der Waals surface area contributed by atoms with Crippen LogP contribution in [0.5, 0.6) is 0 Å². The third kappa shape index (κ3) is 2.25. The highest BCUT2D eigenvalue weighted by Gasteiger charge is 2.22. The van der Waals surface area contributed by atoms with E-state index in [1.807, 2.05) is 24.3 Å². The molecule has 0 fully saturated rings. The van der Waals surface area contributed by atoms with E-state index in [2.05, 4.69) is 24.5 Å². The topological polar surface area (TPSA) is 41.1 Å². The van der Waals surface area contributed by atoms with Crippen molar-refractivity contribution in [3.8, 4) is 0 Å². The zero-order valence-electron chi connectivity index (χ0n) is 9.79. The maximum atomic E-state index is 11.8. The van der Waals surface area contributed by atoms with Gasteiger partial charge in [0, 0.05) is 24.2 Å². The van der Waals surface area contributed by atoms with Crippen molar-refractivity contribution in [3.05, 3.63) is 35.4 Å². The van der Waals surface area contributed by atoms with Crippen LogP contribution in [0.4, 0.5) is 0 Å². The molecule has 3 nitrogen and oxygen atoms in total. The van der Waals surface area contributed by atoms with Crippen LogP contribution in [0.15, 0.2) is 24.3 Å². The van der Waals surface area contributed by atoms with E-state index < -0.39 is 0 Å². The molecule has 1 amide bonds. The number of carbonyl (C=O) groups excluding carboxylic acids is 1. The van der Waals surface area contributed by atoms with Crippen LogP contribution in [0.3, 0.4) is 0 Å². The fourth-order valence-electron chi connectivity index (χ4n) is 2.16. The normalized spacial score (nSPS) is 20.2. The predicted molar refractivity (Wildman–Crippen MR) is 64.4 cm³/mol. The number of benzene rings is 1. The first kappa shape index (κ1) is 11.1. The van der Waals surface area contributed by atoms with Crippen molar-refractivity contribution in [3.63, 3.8) is 0 Å². The quantitative estimate of drug-likeness (QED) is 0.795. The molecule has 1 aromatic rings. The maximum Gasteiger partial charge on any atom is 0.251 e. The summed E-state index contributed by atoms with van der Waals surface area (Å²) in [6.07, 6.45) is 0.945. The molecule has 0 radical (unpaired) electrons. The minimum atomic E-state index is 0.0451. The monoisotopic (exact) mass is 218 g/mol. The molecular weight excluding hydrogens is 200 g/mol. The van der Waals surface area contributed by atoms with Crippen molar-refractivity contribution in [1.82, 2.24) is 10.6 Å². The molecule has 2 N–H and O–H groups in total. The SMILES string of the molecule is CC(C)NC1CCNC(=O)c2ccccc21. The second-order valence-electron chi connectivity index (χ2n) is 4.51. The number of amides is 1. The molecular formula is C13H18N2O. The first-order chi connectivity index (χ1) is 7.68. The van der Waals surface area contributed by atoms with E-state index in [1.54, 1.807) is 0 Å². The van der Waals surface area contributed by atoms with Crippen LogP contribution in [0, 0.1) is 0 Å². The lowest BCUT2D eigenvalue weighted by molar-refractivity contribution is 0.0956. The highest BCUT2D eigenvalue weighted by atomic mass is 16.1. The van der Waals surface area contributed by atoms with Crippen LogP contribution >= 0.6 is 0 Å². The van der Waals surface area contributed by atoms with Gasteiger partial charge in [-0.15, -0.1) is 0 Å². The Morgan fingerprint density at radius 1 is 1.38 bits per heavy atom. The van der Waals surface area contributed by atoms with E-state index in [9.17, 15) is 4.79 Å². The summed E-state index contributed by atoms with van der Waals surface area (Å²) in [5, 5.41) is 6.43. The van der Waals surface area contributed by atoms with Crippen LogP contribution in [-0.2, 0) is 0 Å². The average molecular weight is 218 g/mol. The van der Waals surface area contributed by atoms with Gasteiger partial charge in [-0.25, -0.2) is 0 Å². The first-order valence-electron chi connectivity index (χ1n) is 5.81. The minimum Gasteiger partial charge on any atom is -0.352 e. The minimum absolute atomic E-state index is 0.0451. The lowest BCUT2D eigenvalue weighted by Crippen LogP contribution is -2.29. The second-order valence-corrected chi connectivity index (χ2v) is 4.51. The van der Waals surface area contributed by atoms with E-state index in [4.69, 9.17) is 0 Å². The first-order valence-corrected chi connectivity index (χ1v) is 5.81. The van der Waals surface area contributed by atoms with Gasteiger partial charge in [0.05, 0.1) is 0 Å². The predicted octanol–water partition coefficient (Wildman–Crippen LogP) is 1.86. The molecule has 3 heteroatoms. The molecule has 2 rings (SSSR count). The highest BCUT2D eigenvalue weighted by Crippen LogP contribution is 2.23. The number of hydrogen-bond donors (Lipinski definition) is 2. The fraction of sp³-hybridized carbons (Fsp3) is 0.462. The molecule has 0 spiro atoms. The number of rotatable bonds is 2. The lowest BCUT2D eigenvalue weighted by Gasteiger charge is -2.20. The van der Waals surface area contributed by atoms with Gasteiger partial charge < -0.3 is 10.6 Å². The van der Waals surface area contributed by atoms with Gasteiger partial charge in [0.1, 0.15) is 0 Å². The number of nitrogens with one attached hydrogen (secondary N) is 2. The van der Waals surface area contributed by atoms with Gasteiger partial charge in [0.15, 0.2) is 0 Å². The van der Waals surface area contributed by atoms with Gasteiger partial charge in [-0.2, -0.15) is 0 Å². The van der Waals surface area contributed by atoms with Crippen molar-refractivity contribution >= 4 is 5.91 Å². The smallest absolute Gasteiger partial charge is 0.251 e. The molecule has 1 unspecified atom stereocenters. The van der Waals surface area contributed by atoms with Crippen LogP contribution < -0.4 is 10.6 Å². The van der Waals surface area contributed by atoms with Gasteiger partial charge in [0.2, 0.25) is 0 Å². The Labute approximate surface area is 96.2 Å². The van der Waals surface area contributed by atoms with Crippen molar-refractivity contribution in [1.29, 1.82) is 0 Å². The third-order valence-electron chi connectivity index (χ3n) is 2.83. The molecule has 1 aliphatic rings. The molecule has 1 atom stereocenters. The van der Waals surface area contributed by atoms with Gasteiger partial charge in [-0.3, -0.25) is 4.79 Å². The Hall–Kier alpha value is -1.35. The summed E-state index contributed by atoms with van der Waals surface area (Å²) in [5.74, 6) is 0.0451. The lowest BCUT2D eigenvalue weighted by atomic mass is 9.98. The highest BCUT2D eigenvalue weighted by molar-refractivity contribution is 5.96. The Balaban J connectivity index is 2.35.